The van der Waals surface area contributed by atoms with Crippen molar-refractivity contribution in [3.8, 4) is 11.5 Å². The van der Waals surface area contributed by atoms with Crippen molar-refractivity contribution >= 4 is 5.91 Å². The summed E-state index contributed by atoms with van der Waals surface area (Å²) in [7, 11) is 1.58. The smallest absolute Gasteiger partial charge is 0.261 e. The van der Waals surface area contributed by atoms with Crippen molar-refractivity contribution in [3.63, 3.8) is 0 Å². The summed E-state index contributed by atoms with van der Waals surface area (Å²) in [6, 6.07) is 13.5. The first-order valence-electron chi connectivity index (χ1n) is 8.09. The van der Waals surface area contributed by atoms with E-state index < -0.39 is 6.10 Å². The van der Waals surface area contributed by atoms with Gasteiger partial charge in [-0.1, -0.05) is 35.9 Å². The van der Waals surface area contributed by atoms with E-state index in [1.165, 1.54) is 5.56 Å². The van der Waals surface area contributed by atoms with E-state index in [4.69, 9.17) is 9.47 Å². The molecule has 0 unspecified atom stereocenters. The van der Waals surface area contributed by atoms with E-state index in [1.807, 2.05) is 32.9 Å². The molecule has 1 amide bonds. The van der Waals surface area contributed by atoms with Crippen molar-refractivity contribution in [1.29, 1.82) is 0 Å². The van der Waals surface area contributed by atoms with E-state index in [0.717, 1.165) is 11.1 Å². The van der Waals surface area contributed by atoms with Gasteiger partial charge in [0.2, 0.25) is 0 Å². The van der Waals surface area contributed by atoms with Crippen LogP contribution in [0.5, 0.6) is 11.5 Å². The Bertz CT molecular complexity index is 712. The lowest BCUT2D eigenvalue weighted by Crippen LogP contribution is -2.38. The van der Waals surface area contributed by atoms with Crippen LogP contribution in [0.4, 0.5) is 0 Å². The molecular weight excluding hydrogens is 302 g/mol. The van der Waals surface area contributed by atoms with E-state index in [-0.39, 0.29) is 11.9 Å². The van der Waals surface area contributed by atoms with Crippen molar-refractivity contribution in [2.75, 3.05) is 7.11 Å². The Morgan fingerprint density at radius 1 is 1.04 bits per heavy atom. The van der Waals surface area contributed by atoms with Crippen LogP contribution in [0.1, 0.15) is 36.6 Å². The van der Waals surface area contributed by atoms with Gasteiger partial charge in [0, 0.05) is 0 Å². The molecule has 0 aliphatic carbocycles. The Kier molecular flexibility index (Phi) is 5.85. The van der Waals surface area contributed by atoms with Crippen LogP contribution in [-0.4, -0.2) is 19.1 Å². The Morgan fingerprint density at radius 3 is 2.38 bits per heavy atom. The van der Waals surface area contributed by atoms with Crippen molar-refractivity contribution in [3.05, 3.63) is 59.2 Å². The zero-order valence-corrected chi connectivity index (χ0v) is 14.9. The highest BCUT2D eigenvalue weighted by atomic mass is 16.5. The number of benzene rings is 2. The van der Waals surface area contributed by atoms with Gasteiger partial charge in [0.25, 0.3) is 5.91 Å². The summed E-state index contributed by atoms with van der Waals surface area (Å²) >= 11 is 0. The molecule has 0 spiro atoms. The monoisotopic (exact) mass is 327 g/mol. The number of ether oxygens (including phenoxy) is 2. The predicted octanol–water partition coefficient (Wildman–Crippen LogP) is 3.96. The van der Waals surface area contributed by atoms with Gasteiger partial charge in [-0.25, -0.2) is 0 Å². The molecule has 0 heterocycles. The molecule has 2 aromatic rings. The van der Waals surface area contributed by atoms with Crippen LogP contribution in [0, 0.1) is 13.8 Å². The fourth-order valence-corrected chi connectivity index (χ4v) is 2.60. The molecule has 0 aromatic heterocycles. The highest BCUT2D eigenvalue weighted by Gasteiger charge is 2.19. The Morgan fingerprint density at radius 2 is 1.71 bits per heavy atom. The fourth-order valence-electron chi connectivity index (χ4n) is 2.60. The van der Waals surface area contributed by atoms with Crippen molar-refractivity contribution in [2.24, 2.45) is 0 Å². The maximum atomic E-state index is 12.5. The third-order valence-corrected chi connectivity index (χ3v) is 4.00. The minimum absolute atomic E-state index is 0.0823. The maximum absolute atomic E-state index is 12.5. The molecule has 0 saturated heterocycles. The largest absolute Gasteiger partial charge is 0.493 e. The van der Waals surface area contributed by atoms with Gasteiger partial charge in [0.15, 0.2) is 17.6 Å². The van der Waals surface area contributed by atoms with Gasteiger partial charge < -0.3 is 14.8 Å². The molecule has 0 saturated carbocycles. The first-order valence-corrected chi connectivity index (χ1v) is 8.09. The van der Waals surface area contributed by atoms with Crippen LogP contribution in [0.15, 0.2) is 42.5 Å². The number of carbonyl (C=O) groups excluding carboxylic acids is 1. The molecule has 4 nitrogen and oxygen atoms in total. The number of carbonyl (C=O) groups is 1. The lowest BCUT2D eigenvalue weighted by molar-refractivity contribution is -0.127. The fraction of sp³-hybridized carbons (Fsp3) is 0.350. The van der Waals surface area contributed by atoms with Gasteiger partial charge in [-0.2, -0.15) is 0 Å². The second-order valence-electron chi connectivity index (χ2n) is 6.00. The third-order valence-electron chi connectivity index (χ3n) is 4.00. The average molecular weight is 327 g/mol. The lowest BCUT2D eigenvalue weighted by atomic mass is 10.00. The first-order chi connectivity index (χ1) is 11.4. The van der Waals surface area contributed by atoms with Crippen LogP contribution in [0.25, 0.3) is 0 Å². The highest BCUT2D eigenvalue weighted by molar-refractivity contribution is 5.81. The SMILES string of the molecule is COc1ccccc1O[C@@H](C)C(=O)N[C@@H](C)c1cc(C)ccc1C. The zero-order chi connectivity index (χ0) is 17.7. The Labute approximate surface area is 143 Å². The van der Waals surface area contributed by atoms with Crippen molar-refractivity contribution in [2.45, 2.75) is 39.8 Å². The van der Waals surface area contributed by atoms with E-state index in [0.29, 0.717) is 11.5 Å². The zero-order valence-electron chi connectivity index (χ0n) is 14.9. The van der Waals surface area contributed by atoms with Gasteiger partial charge >= 0.3 is 0 Å². The summed E-state index contributed by atoms with van der Waals surface area (Å²) in [6.07, 6.45) is -0.617. The van der Waals surface area contributed by atoms with E-state index >= 15 is 0 Å². The standard InChI is InChI=1S/C20H25NO3/c1-13-10-11-14(2)17(12-13)15(3)21-20(22)16(4)24-19-9-7-6-8-18(19)23-5/h6-12,15-16H,1-5H3,(H,21,22)/t15-,16-/m0/s1. The molecule has 24 heavy (non-hydrogen) atoms. The molecule has 0 fully saturated rings. The predicted molar refractivity (Wildman–Crippen MR) is 95.6 cm³/mol. The van der Waals surface area contributed by atoms with Gasteiger partial charge in [0.1, 0.15) is 0 Å². The summed E-state index contributed by atoms with van der Waals surface area (Å²) in [5.41, 5.74) is 3.45. The molecule has 2 rings (SSSR count). The minimum Gasteiger partial charge on any atom is -0.493 e. The summed E-state index contributed by atoms with van der Waals surface area (Å²) in [4.78, 5) is 12.5. The van der Waals surface area contributed by atoms with E-state index in [1.54, 1.807) is 26.2 Å². The van der Waals surface area contributed by atoms with E-state index in [9.17, 15) is 4.79 Å². The molecule has 0 aliphatic heterocycles. The number of para-hydroxylation sites is 2. The second-order valence-corrected chi connectivity index (χ2v) is 6.00. The molecular formula is C20H25NO3. The molecule has 128 valence electrons. The molecule has 0 aliphatic rings. The average Bonchev–Trinajstić information content (AvgIpc) is 2.57. The van der Waals surface area contributed by atoms with Crippen molar-refractivity contribution < 1.29 is 14.3 Å². The number of aryl methyl sites for hydroxylation is 2. The molecule has 4 heteroatoms. The molecule has 0 radical (unpaired) electrons. The van der Waals surface area contributed by atoms with Gasteiger partial charge in [0.05, 0.1) is 13.2 Å². The van der Waals surface area contributed by atoms with Crippen LogP contribution < -0.4 is 14.8 Å². The number of methoxy groups -OCH3 is 1. The van der Waals surface area contributed by atoms with Crippen molar-refractivity contribution in [1.82, 2.24) is 5.32 Å². The molecule has 0 bridgehead atoms. The maximum Gasteiger partial charge on any atom is 0.261 e. The van der Waals surface area contributed by atoms with Gasteiger partial charge in [-0.05, 0) is 51.0 Å². The van der Waals surface area contributed by atoms with Gasteiger partial charge in [-0.3, -0.25) is 4.79 Å². The van der Waals surface area contributed by atoms with Crippen LogP contribution in [0.2, 0.25) is 0 Å². The van der Waals surface area contributed by atoms with Crippen LogP contribution >= 0.6 is 0 Å². The number of amides is 1. The highest BCUT2D eigenvalue weighted by Crippen LogP contribution is 2.27. The summed E-state index contributed by atoms with van der Waals surface area (Å²) in [5, 5.41) is 3.02. The number of nitrogens with one attached hydrogen (secondary N) is 1. The summed E-state index contributed by atoms with van der Waals surface area (Å²) in [6.45, 7) is 7.81. The van der Waals surface area contributed by atoms with Crippen LogP contribution in [0.3, 0.4) is 0 Å². The Hall–Kier alpha value is -2.49. The molecule has 2 aromatic carbocycles. The molecule has 1 N–H and O–H groups in total. The number of hydrogen-bond acceptors (Lipinski definition) is 3. The molecule has 2 atom stereocenters. The number of rotatable bonds is 6. The summed E-state index contributed by atoms with van der Waals surface area (Å²) in [5.74, 6) is 1.01. The minimum atomic E-state index is -0.617. The van der Waals surface area contributed by atoms with E-state index in [2.05, 4.69) is 23.5 Å². The second kappa shape index (κ2) is 7.86. The normalized spacial score (nSPS) is 13.0. The lowest BCUT2D eigenvalue weighted by Gasteiger charge is -2.21. The number of hydrogen-bond donors (Lipinski definition) is 1. The topological polar surface area (TPSA) is 47.6 Å². The quantitative estimate of drug-likeness (QED) is 0.874. The van der Waals surface area contributed by atoms with Crippen LogP contribution in [-0.2, 0) is 4.79 Å². The third kappa shape index (κ3) is 4.28. The first kappa shape index (κ1) is 17.9. The summed E-state index contributed by atoms with van der Waals surface area (Å²) < 4.78 is 11.0. The van der Waals surface area contributed by atoms with Gasteiger partial charge in [-0.15, -0.1) is 0 Å². The Balaban J connectivity index is 2.04.